The van der Waals surface area contributed by atoms with Gasteiger partial charge in [0.25, 0.3) is 5.91 Å². The van der Waals surface area contributed by atoms with E-state index in [1.165, 1.54) is 6.26 Å². The molecule has 2 aromatic rings. The van der Waals surface area contributed by atoms with Crippen molar-refractivity contribution in [3.63, 3.8) is 0 Å². The van der Waals surface area contributed by atoms with E-state index in [0.717, 1.165) is 30.7 Å². The summed E-state index contributed by atoms with van der Waals surface area (Å²) >= 11 is 0. The second kappa shape index (κ2) is 6.76. The van der Waals surface area contributed by atoms with E-state index in [4.69, 9.17) is 9.15 Å². The van der Waals surface area contributed by atoms with Gasteiger partial charge in [-0.25, -0.2) is 0 Å². The van der Waals surface area contributed by atoms with Crippen molar-refractivity contribution in [1.82, 2.24) is 9.80 Å². The third-order valence-electron chi connectivity index (χ3n) is 5.84. The van der Waals surface area contributed by atoms with Crippen LogP contribution < -0.4 is 4.74 Å². The number of hydrogen-bond acceptors (Lipinski definition) is 4. The number of methoxy groups -OCH3 is 1. The number of rotatable bonds is 4. The largest absolute Gasteiger partial charge is 0.497 e. The summed E-state index contributed by atoms with van der Waals surface area (Å²) in [6.45, 7) is 4.19. The maximum atomic E-state index is 13.1. The van der Waals surface area contributed by atoms with Crippen LogP contribution in [-0.4, -0.2) is 48.4 Å². The summed E-state index contributed by atoms with van der Waals surface area (Å²) in [4.78, 5) is 29.6. The zero-order valence-corrected chi connectivity index (χ0v) is 15.7. The Morgan fingerprint density at radius 1 is 1.26 bits per heavy atom. The van der Waals surface area contributed by atoms with E-state index >= 15 is 0 Å². The topological polar surface area (TPSA) is 63.0 Å². The number of furan rings is 1. The molecule has 0 unspecified atom stereocenters. The van der Waals surface area contributed by atoms with Gasteiger partial charge in [-0.05, 0) is 43.5 Å². The van der Waals surface area contributed by atoms with Gasteiger partial charge in [-0.2, -0.15) is 0 Å². The molecule has 1 spiro atoms. The van der Waals surface area contributed by atoms with Gasteiger partial charge >= 0.3 is 0 Å². The molecule has 2 amide bonds. The number of benzene rings is 1. The summed E-state index contributed by atoms with van der Waals surface area (Å²) in [6, 6.07) is 9.51. The molecule has 1 atom stereocenters. The third-order valence-corrected chi connectivity index (χ3v) is 5.84. The van der Waals surface area contributed by atoms with Gasteiger partial charge in [-0.1, -0.05) is 12.1 Å². The van der Waals surface area contributed by atoms with Crippen LogP contribution in [-0.2, 0) is 11.3 Å². The zero-order valence-electron chi connectivity index (χ0n) is 15.7. The van der Waals surface area contributed by atoms with Gasteiger partial charge in [-0.3, -0.25) is 9.59 Å². The Bertz CT molecular complexity index is 875. The normalized spacial score (nSPS) is 22.1. The van der Waals surface area contributed by atoms with Crippen LogP contribution in [0.4, 0.5) is 0 Å². The molecule has 2 aliphatic rings. The third kappa shape index (κ3) is 3.09. The molecule has 1 aromatic heterocycles. The minimum atomic E-state index is -0.438. The van der Waals surface area contributed by atoms with Gasteiger partial charge in [0.05, 0.1) is 24.4 Å². The quantitative estimate of drug-likeness (QED) is 0.833. The predicted molar refractivity (Wildman–Crippen MR) is 99.4 cm³/mol. The smallest absolute Gasteiger partial charge is 0.257 e. The number of aryl methyl sites for hydroxylation is 1. The van der Waals surface area contributed by atoms with Crippen molar-refractivity contribution in [3.8, 4) is 5.75 Å². The van der Waals surface area contributed by atoms with Crippen LogP contribution in [0.5, 0.6) is 5.75 Å². The molecule has 2 aliphatic heterocycles. The van der Waals surface area contributed by atoms with Crippen molar-refractivity contribution in [3.05, 3.63) is 53.5 Å². The fraction of sp³-hybridized carbons (Fsp3) is 0.429. The molecule has 27 heavy (non-hydrogen) atoms. The average molecular weight is 368 g/mol. The predicted octanol–water partition coefficient (Wildman–Crippen LogP) is 2.86. The first-order valence-electron chi connectivity index (χ1n) is 9.28. The van der Waals surface area contributed by atoms with Gasteiger partial charge in [0.15, 0.2) is 0 Å². The molecule has 2 fully saturated rings. The molecular weight excluding hydrogens is 344 g/mol. The molecule has 4 rings (SSSR count). The number of carbonyl (C=O) groups is 2. The Morgan fingerprint density at radius 3 is 2.81 bits per heavy atom. The van der Waals surface area contributed by atoms with Crippen LogP contribution in [0.15, 0.2) is 41.0 Å². The van der Waals surface area contributed by atoms with Crippen molar-refractivity contribution in [2.45, 2.75) is 26.3 Å². The van der Waals surface area contributed by atoms with E-state index in [2.05, 4.69) is 0 Å². The Labute approximate surface area is 158 Å². The van der Waals surface area contributed by atoms with Gasteiger partial charge in [0.1, 0.15) is 11.5 Å². The number of nitrogens with zero attached hydrogens (tertiary/aromatic N) is 2. The lowest BCUT2D eigenvalue weighted by atomic mass is 9.85. The van der Waals surface area contributed by atoms with Crippen molar-refractivity contribution in [2.24, 2.45) is 5.41 Å². The van der Waals surface area contributed by atoms with Crippen molar-refractivity contribution in [2.75, 3.05) is 26.7 Å². The van der Waals surface area contributed by atoms with E-state index < -0.39 is 5.41 Å². The fourth-order valence-electron chi connectivity index (χ4n) is 4.24. The van der Waals surface area contributed by atoms with Crippen LogP contribution >= 0.6 is 0 Å². The highest BCUT2D eigenvalue weighted by atomic mass is 16.5. The minimum absolute atomic E-state index is 0.0443. The standard InChI is InChI=1S/C21H24N2O4/c1-15-18(6-11-27-15)19(24)23-10-8-21(14-23)7-9-22(20(21)25)13-16-4-3-5-17(12-16)26-2/h3-6,11-12H,7-10,13-14H2,1-2H3/t21-/m0/s1. The lowest BCUT2D eigenvalue weighted by Gasteiger charge is -2.24. The van der Waals surface area contributed by atoms with E-state index in [0.29, 0.717) is 31.0 Å². The van der Waals surface area contributed by atoms with Crippen molar-refractivity contribution < 1.29 is 18.7 Å². The summed E-state index contributed by atoms with van der Waals surface area (Å²) in [5, 5.41) is 0. The molecule has 0 bridgehead atoms. The molecule has 6 nitrogen and oxygen atoms in total. The van der Waals surface area contributed by atoms with E-state index in [-0.39, 0.29) is 11.8 Å². The highest BCUT2D eigenvalue weighted by molar-refractivity contribution is 5.96. The monoisotopic (exact) mass is 368 g/mol. The highest BCUT2D eigenvalue weighted by Crippen LogP contribution is 2.41. The summed E-state index contributed by atoms with van der Waals surface area (Å²) in [6.07, 6.45) is 3.05. The summed E-state index contributed by atoms with van der Waals surface area (Å²) in [5.41, 5.74) is 1.21. The van der Waals surface area contributed by atoms with Crippen molar-refractivity contribution in [1.29, 1.82) is 0 Å². The van der Waals surface area contributed by atoms with Crippen LogP contribution in [0.1, 0.15) is 34.5 Å². The Hall–Kier alpha value is -2.76. The first-order chi connectivity index (χ1) is 13.0. The summed E-state index contributed by atoms with van der Waals surface area (Å²) in [7, 11) is 1.64. The maximum absolute atomic E-state index is 13.1. The molecule has 0 saturated carbocycles. The highest BCUT2D eigenvalue weighted by Gasteiger charge is 2.51. The first-order valence-corrected chi connectivity index (χ1v) is 9.28. The minimum Gasteiger partial charge on any atom is -0.497 e. The lowest BCUT2D eigenvalue weighted by Crippen LogP contribution is -2.38. The number of likely N-dealkylation sites (tertiary alicyclic amines) is 2. The Kier molecular flexibility index (Phi) is 4.42. The average Bonchev–Trinajstić information content (AvgIpc) is 3.38. The zero-order chi connectivity index (χ0) is 19.0. The number of carbonyl (C=O) groups excluding carboxylic acids is 2. The molecular formula is C21H24N2O4. The molecule has 0 radical (unpaired) electrons. The second-order valence-corrected chi connectivity index (χ2v) is 7.48. The molecule has 2 saturated heterocycles. The molecule has 1 aromatic carbocycles. The summed E-state index contributed by atoms with van der Waals surface area (Å²) < 4.78 is 10.5. The van der Waals surface area contributed by atoms with E-state index in [1.54, 1.807) is 25.0 Å². The number of hydrogen-bond donors (Lipinski definition) is 0. The number of ether oxygens (including phenoxy) is 1. The van der Waals surface area contributed by atoms with E-state index in [9.17, 15) is 9.59 Å². The van der Waals surface area contributed by atoms with Gasteiger partial charge in [0, 0.05) is 26.2 Å². The van der Waals surface area contributed by atoms with Gasteiger partial charge in [0.2, 0.25) is 5.91 Å². The van der Waals surface area contributed by atoms with E-state index in [1.807, 2.05) is 29.2 Å². The lowest BCUT2D eigenvalue weighted by molar-refractivity contribution is -0.135. The Morgan fingerprint density at radius 2 is 2.07 bits per heavy atom. The van der Waals surface area contributed by atoms with Crippen LogP contribution in [0.3, 0.4) is 0 Å². The van der Waals surface area contributed by atoms with Crippen LogP contribution in [0.25, 0.3) is 0 Å². The molecule has 3 heterocycles. The molecule has 0 N–H and O–H groups in total. The SMILES string of the molecule is COc1cccc(CN2CC[C@@]3(CCN(C(=O)c4ccoc4C)C3)C2=O)c1. The fourth-order valence-corrected chi connectivity index (χ4v) is 4.24. The number of amides is 2. The molecule has 0 aliphatic carbocycles. The van der Waals surface area contributed by atoms with Gasteiger partial charge < -0.3 is 19.0 Å². The van der Waals surface area contributed by atoms with Crippen molar-refractivity contribution >= 4 is 11.8 Å². The molecule has 6 heteroatoms. The van der Waals surface area contributed by atoms with Crippen LogP contribution in [0, 0.1) is 12.3 Å². The first kappa shape index (κ1) is 17.6. The summed E-state index contributed by atoms with van der Waals surface area (Å²) in [5.74, 6) is 1.53. The Balaban J connectivity index is 1.45. The van der Waals surface area contributed by atoms with Crippen LogP contribution in [0.2, 0.25) is 0 Å². The maximum Gasteiger partial charge on any atom is 0.257 e. The molecule has 142 valence electrons. The van der Waals surface area contributed by atoms with Gasteiger partial charge in [-0.15, -0.1) is 0 Å². The second-order valence-electron chi connectivity index (χ2n) is 7.48.